The van der Waals surface area contributed by atoms with Crippen molar-refractivity contribution in [1.29, 1.82) is 0 Å². The lowest BCUT2D eigenvalue weighted by Gasteiger charge is -2.40. The van der Waals surface area contributed by atoms with Crippen LogP contribution in [0.4, 0.5) is 0 Å². The molecule has 1 aromatic rings. The maximum absolute atomic E-state index is 6.22. The van der Waals surface area contributed by atoms with Crippen LogP contribution < -0.4 is 10.6 Å². The van der Waals surface area contributed by atoms with Crippen molar-refractivity contribution in [3.63, 3.8) is 0 Å². The lowest BCUT2D eigenvalue weighted by atomic mass is 10.0. The van der Waals surface area contributed by atoms with Gasteiger partial charge in [0.05, 0.1) is 0 Å². The standard InChI is InChI=1S/C19H32ClN5.HI/c1-15(2)18(25-11-9-24(4)10-12-25)14-23-19(21-3)22-13-16-7-5-6-8-17(16)20;/h5-8,15,18H,9-14H2,1-4H3,(H2,21,22,23);1H. The third-order valence-electron chi connectivity index (χ3n) is 4.88. The fourth-order valence-electron chi connectivity index (χ4n) is 3.18. The van der Waals surface area contributed by atoms with E-state index in [-0.39, 0.29) is 24.0 Å². The van der Waals surface area contributed by atoms with Crippen LogP contribution in [0.3, 0.4) is 0 Å². The number of nitrogens with one attached hydrogen (secondary N) is 2. The minimum absolute atomic E-state index is 0. The van der Waals surface area contributed by atoms with Crippen molar-refractivity contribution in [3.05, 3.63) is 34.9 Å². The van der Waals surface area contributed by atoms with Crippen molar-refractivity contribution in [2.24, 2.45) is 10.9 Å². The predicted octanol–water partition coefficient (Wildman–Crippen LogP) is 2.90. The van der Waals surface area contributed by atoms with Crippen molar-refractivity contribution in [2.75, 3.05) is 46.8 Å². The van der Waals surface area contributed by atoms with Gasteiger partial charge in [0, 0.05) is 57.4 Å². The van der Waals surface area contributed by atoms with E-state index in [2.05, 4.69) is 46.3 Å². The second-order valence-corrected chi connectivity index (χ2v) is 7.46. The molecule has 26 heavy (non-hydrogen) atoms. The van der Waals surface area contributed by atoms with Gasteiger partial charge in [0.25, 0.3) is 0 Å². The van der Waals surface area contributed by atoms with Gasteiger partial charge in [-0.3, -0.25) is 9.89 Å². The van der Waals surface area contributed by atoms with Gasteiger partial charge in [-0.1, -0.05) is 43.6 Å². The largest absolute Gasteiger partial charge is 0.355 e. The van der Waals surface area contributed by atoms with Crippen molar-refractivity contribution >= 4 is 41.5 Å². The zero-order valence-electron chi connectivity index (χ0n) is 16.3. The summed E-state index contributed by atoms with van der Waals surface area (Å²) in [4.78, 5) is 9.34. The Balaban J connectivity index is 0.00000338. The maximum atomic E-state index is 6.22. The molecule has 2 rings (SSSR count). The Morgan fingerprint density at radius 3 is 2.38 bits per heavy atom. The average molecular weight is 494 g/mol. The first kappa shape index (κ1) is 23.5. The van der Waals surface area contributed by atoms with Crippen LogP contribution in [0.25, 0.3) is 0 Å². The molecule has 0 aliphatic carbocycles. The summed E-state index contributed by atoms with van der Waals surface area (Å²) in [6, 6.07) is 8.40. The van der Waals surface area contributed by atoms with Gasteiger partial charge >= 0.3 is 0 Å². The number of rotatable bonds is 6. The molecule has 7 heteroatoms. The Morgan fingerprint density at radius 2 is 1.81 bits per heavy atom. The molecule has 1 fully saturated rings. The molecule has 1 unspecified atom stereocenters. The highest BCUT2D eigenvalue weighted by molar-refractivity contribution is 14.0. The summed E-state index contributed by atoms with van der Waals surface area (Å²) in [6.45, 7) is 10.7. The summed E-state index contributed by atoms with van der Waals surface area (Å²) in [6.07, 6.45) is 0. The van der Waals surface area contributed by atoms with Crippen LogP contribution >= 0.6 is 35.6 Å². The van der Waals surface area contributed by atoms with Gasteiger partial charge < -0.3 is 15.5 Å². The first-order chi connectivity index (χ1) is 12.0. The summed E-state index contributed by atoms with van der Waals surface area (Å²) in [5.74, 6) is 1.41. The Hall–Kier alpha value is -0.570. The summed E-state index contributed by atoms with van der Waals surface area (Å²) in [7, 11) is 4.00. The number of hydrogen-bond acceptors (Lipinski definition) is 3. The molecule has 0 aromatic heterocycles. The predicted molar refractivity (Wildman–Crippen MR) is 123 cm³/mol. The molecule has 1 aliphatic heterocycles. The quantitative estimate of drug-likeness (QED) is 0.363. The highest BCUT2D eigenvalue weighted by atomic mass is 127. The molecular weight excluding hydrogens is 461 g/mol. The number of benzene rings is 1. The van der Waals surface area contributed by atoms with E-state index in [0.29, 0.717) is 18.5 Å². The normalized spacial score (nSPS) is 17.7. The van der Waals surface area contributed by atoms with Crippen molar-refractivity contribution in [3.8, 4) is 0 Å². The van der Waals surface area contributed by atoms with Crippen molar-refractivity contribution in [2.45, 2.75) is 26.4 Å². The van der Waals surface area contributed by atoms with E-state index in [0.717, 1.165) is 49.3 Å². The fraction of sp³-hybridized carbons (Fsp3) is 0.632. The van der Waals surface area contributed by atoms with E-state index in [1.165, 1.54) is 0 Å². The summed E-state index contributed by atoms with van der Waals surface area (Å²) in [5, 5.41) is 7.63. The Kier molecular flexibility index (Phi) is 10.8. The van der Waals surface area contributed by atoms with Gasteiger partial charge in [-0.25, -0.2) is 0 Å². The molecule has 0 amide bonds. The van der Waals surface area contributed by atoms with Gasteiger partial charge in [0.15, 0.2) is 5.96 Å². The van der Waals surface area contributed by atoms with Gasteiger partial charge in [-0.2, -0.15) is 0 Å². The third-order valence-corrected chi connectivity index (χ3v) is 5.25. The van der Waals surface area contributed by atoms with E-state index >= 15 is 0 Å². The number of likely N-dealkylation sites (N-methyl/N-ethyl adjacent to an activating group) is 1. The van der Waals surface area contributed by atoms with Crippen LogP contribution in [0.1, 0.15) is 19.4 Å². The first-order valence-corrected chi connectivity index (χ1v) is 9.49. The van der Waals surface area contributed by atoms with Crippen LogP contribution in [0.15, 0.2) is 29.3 Å². The van der Waals surface area contributed by atoms with Crippen LogP contribution in [-0.2, 0) is 6.54 Å². The van der Waals surface area contributed by atoms with Gasteiger partial charge in [-0.05, 0) is 24.6 Å². The molecule has 1 atom stereocenters. The van der Waals surface area contributed by atoms with Gasteiger partial charge in [0.1, 0.15) is 0 Å². The monoisotopic (exact) mass is 493 g/mol. The molecule has 0 saturated carbocycles. The fourth-order valence-corrected chi connectivity index (χ4v) is 3.39. The molecule has 0 radical (unpaired) electrons. The molecule has 148 valence electrons. The summed E-state index contributed by atoms with van der Waals surface area (Å²) < 4.78 is 0. The summed E-state index contributed by atoms with van der Waals surface area (Å²) >= 11 is 6.22. The number of piperazine rings is 1. The SMILES string of the molecule is CN=C(NCc1ccccc1Cl)NCC(C(C)C)N1CCN(C)CC1.I. The first-order valence-electron chi connectivity index (χ1n) is 9.11. The molecule has 1 aliphatic rings. The van der Waals surface area contributed by atoms with Crippen molar-refractivity contribution in [1.82, 2.24) is 20.4 Å². The van der Waals surface area contributed by atoms with Crippen LogP contribution in [0, 0.1) is 5.92 Å². The number of guanidine groups is 1. The van der Waals surface area contributed by atoms with E-state index < -0.39 is 0 Å². The van der Waals surface area contributed by atoms with Crippen molar-refractivity contribution < 1.29 is 0 Å². The van der Waals surface area contributed by atoms with E-state index in [9.17, 15) is 0 Å². The number of nitrogens with zero attached hydrogens (tertiary/aromatic N) is 3. The molecule has 0 bridgehead atoms. The second kappa shape index (κ2) is 12.0. The van der Waals surface area contributed by atoms with E-state index in [4.69, 9.17) is 11.6 Å². The summed E-state index contributed by atoms with van der Waals surface area (Å²) in [5.41, 5.74) is 1.08. The molecule has 5 nitrogen and oxygen atoms in total. The molecule has 1 aromatic carbocycles. The highest BCUT2D eigenvalue weighted by Crippen LogP contribution is 2.15. The second-order valence-electron chi connectivity index (χ2n) is 7.05. The number of halogens is 2. The Bertz CT molecular complexity index is 559. The van der Waals surface area contributed by atoms with Gasteiger partial charge in [0.2, 0.25) is 0 Å². The van der Waals surface area contributed by atoms with E-state index in [1.807, 2.05) is 31.3 Å². The zero-order valence-corrected chi connectivity index (χ0v) is 19.4. The van der Waals surface area contributed by atoms with Crippen LogP contribution in [0.2, 0.25) is 5.02 Å². The Morgan fingerprint density at radius 1 is 1.15 bits per heavy atom. The zero-order chi connectivity index (χ0) is 18.2. The van der Waals surface area contributed by atoms with Crippen LogP contribution in [-0.4, -0.2) is 68.6 Å². The maximum Gasteiger partial charge on any atom is 0.191 e. The minimum atomic E-state index is 0. The highest BCUT2D eigenvalue weighted by Gasteiger charge is 2.25. The van der Waals surface area contributed by atoms with Crippen LogP contribution in [0.5, 0.6) is 0 Å². The van der Waals surface area contributed by atoms with Gasteiger partial charge in [-0.15, -0.1) is 24.0 Å². The average Bonchev–Trinajstić information content (AvgIpc) is 2.60. The minimum Gasteiger partial charge on any atom is -0.355 e. The number of aliphatic imine (C=N–C) groups is 1. The lowest BCUT2D eigenvalue weighted by Crippen LogP contribution is -2.55. The molecule has 2 N–H and O–H groups in total. The molecule has 1 heterocycles. The molecular formula is C19H33ClIN5. The molecule has 1 saturated heterocycles. The molecule has 0 spiro atoms. The Labute approximate surface area is 180 Å². The third kappa shape index (κ3) is 7.21. The number of hydrogen-bond donors (Lipinski definition) is 2. The smallest absolute Gasteiger partial charge is 0.191 e. The van der Waals surface area contributed by atoms with E-state index in [1.54, 1.807) is 0 Å². The lowest BCUT2D eigenvalue weighted by molar-refractivity contribution is 0.0900. The topological polar surface area (TPSA) is 42.9 Å².